The number of nitrogens with zero attached hydrogens (tertiary/aromatic N) is 4. The van der Waals surface area contributed by atoms with E-state index in [9.17, 15) is 5.11 Å². The first-order valence-corrected chi connectivity index (χ1v) is 10.4. The van der Waals surface area contributed by atoms with Gasteiger partial charge in [0, 0.05) is 44.8 Å². The molecule has 1 aromatic heterocycles. The van der Waals surface area contributed by atoms with E-state index < -0.39 is 5.60 Å². The zero-order valence-electron chi connectivity index (χ0n) is 16.2. The summed E-state index contributed by atoms with van der Waals surface area (Å²) in [5.74, 6) is 0.646. The minimum absolute atomic E-state index is 0.0719. The van der Waals surface area contributed by atoms with Gasteiger partial charge >= 0.3 is 0 Å². The quantitative estimate of drug-likeness (QED) is 0.843. The highest BCUT2D eigenvalue weighted by Crippen LogP contribution is 2.33. The van der Waals surface area contributed by atoms with Crippen molar-refractivity contribution in [3.63, 3.8) is 0 Å². The molecule has 0 amide bonds. The number of anilines is 1. The molecule has 0 bridgehead atoms. The normalized spacial score (nSPS) is 25.0. The van der Waals surface area contributed by atoms with E-state index in [4.69, 9.17) is 9.47 Å². The van der Waals surface area contributed by atoms with Gasteiger partial charge in [0.2, 0.25) is 5.88 Å². The lowest BCUT2D eigenvalue weighted by atomic mass is 9.80. The minimum Gasteiger partial charge on any atom is -0.471 e. The molecule has 2 saturated heterocycles. The Hall–Kier alpha value is -1.96. The monoisotopic (exact) mass is 384 g/mol. The summed E-state index contributed by atoms with van der Waals surface area (Å²) < 4.78 is 11.5. The van der Waals surface area contributed by atoms with Crippen molar-refractivity contribution in [1.82, 2.24) is 14.9 Å². The number of piperazine rings is 1. The minimum atomic E-state index is -0.432. The Kier molecular flexibility index (Phi) is 4.82. The van der Waals surface area contributed by atoms with Crippen molar-refractivity contribution in [2.24, 2.45) is 0 Å². The van der Waals surface area contributed by atoms with Crippen LogP contribution in [0.25, 0.3) is 10.9 Å². The van der Waals surface area contributed by atoms with Crippen LogP contribution in [0, 0.1) is 0 Å². The average molecular weight is 384 g/mol. The summed E-state index contributed by atoms with van der Waals surface area (Å²) >= 11 is 0. The fraction of sp³-hybridized carbons (Fsp3) is 0.619. The highest BCUT2D eigenvalue weighted by Gasteiger charge is 2.36. The standard InChI is InChI=1S/C21H28N4O3/c26-21(5-1-6-21)14-24-7-9-25(10-8-24)16-2-3-19-18(12-16)20(23-15-22-19)28-17-4-11-27-13-17/h2-3,12,15,17,26H,1,4-11,13-14H2. The molecule has 28 heavy (non-hydrogen) atoms. The molecule has 1 saturated carbocycles. The summed E-state index contributed by atoms with van der Waals surface area (Å²) in [6.07, 6.45) is 5.60. The summed E-state index contributed by atoms with van der Waals surface area (Å²) in [4.78, 5) is 13.6. The van der Waals surface area contributed by atoms with E-state index in [0.29, 0.717) is 12.5 Å². The molecule has 7 nitrogen and oxygen atoms in total. The molecule has 3 fully saturated rings. The first-order valence-electron chi connectivity index (χ1n) is 10.4. The molecule has 1 N–H and O–H groups in total. The van der Waals surface area contributed by atoms with E-state index in [0.717, 1.165) is 75.9 Å². The van der Waals surface area contributed by atoms with Gasteiger partial charge < -0.3 is 19.5 Å². The summed E-state index contributed by atoms with van der Waals surface area (Å²) in [6.45, 7) is 6.07. The SMILES string of the molecule is OC1(CN2CCN(c3ccc4ncnc(OC5CCOC5)c4c3)CC2)CCC1. The Morgan fingerprint density at radius 1 is 1.18 bits per heavy atom. The molecule has 1 aliphatic carbocycles. The molecule has 1 unspecified atom stereocenters. The molecule has 0 spiro atoms. The number of hydrogen-bond donors (Lipinski definition) is 1. The Bertz CT molecular complexity index is 828. The first-order chi connectivity index (χ1) is 13.7. The third-order valence-corrected chi connectivity index (χ3v) is 6.29. The van der Waals surface area contributed by atoms with Crippen molar-refractivity contribution in [3.8, 4) is 5.88 Å². The Morgan fingerprint density at radius 3 is 2.75 bits per heavy atom. The van der Waals surface area contributed by atoms with Gasteiger partial charge in [0.05, 0.1) is 29.7 Å². The summed E-state index contributed by atoms with van der Waals surface area (Å²) in [5, 5.41) is 11.4. The van der Waals surface area contributed by atoms with E-state index in [-0.39, 0.29) is 6.10 Å². The van der Waals surface area contributed by atoms with Crippen LogP contribution in [0.5, 0.6) is 5.88 Å². The number of aliphatic hydroxyl groups is 1. The number of aromatic nitrogens is 2. The maximum atomic E-state index is 10.4. The summed E-state index contributed by atoms with van der Waals surface area (Å²) in [7, 11) is 0. The number of β-amino-alcohol motifs (C(OH)–C–C–N with tert-alkyl or cyclic N) is 1. The van der Waals surface area contributed by atoms with E-state index in [1.54, 1.807) is 6.33 Å². The molecule has 3 aliphatic rings. The molecule has 1 aromatic carbocycles. The topological polar surface area (TPSA) is 71.0 Å². The van der Waals surface area contributed by atoms with Gasteiger partial charge in [0.15, 0.2) is 0 Å². The number of fused-ring (bicyclic) bond motifs is 1. The molecule has 150 valence electrons. The fourth-order valence-corrected chi connectivity index (χ4v) is 4.40. The first kappa shape index (κ1) is 18.1. The number of ether oxygens (including phenoxy) is 2. The lowest BCUT2D eigenvalue weighted by Gasteiger charge is -2.44. The maximum Gasteiger partial charge on any atom is 0.224 e. The molecule has 1 atom stereocenters. The third-order valence-electron chi connectivity index (χ3n) is 6.29. The lowest BCUT2D eigenvalue weighted by molar-refractivity contribution is -0.0594. The third kappa shape index (κ3) is 3.66. The largest absolute Gasteiger partial charge is 0.471 e. The van der Waals surface area contributed by atoms with Crippen molar-refractivity contribution in [1.29, 1.82) is 0 Å². The van der Waals surface area contributed by atoms with Gasteiger partial charge in [-0.3, -0.25) is 4.90 Å². The number of rotatable bonds is 5. The Morgan fingerprint density at radius 2 is 2.04 bits per heavy atom. The maximum absolute atomic E-state index is 10.4. The van der Waals surface area contributed by atoms with Crippen LogP contribution < -0.4 is 9.64 Å². The van der Waals surface area contributed by atoms with Crippen LogP contribution in [0.2, 0.25) is 0 Å². The van der Waals surface area contributed by atoms with Gasteiger partial charge in [0.1, 0.15) is 12.4 Å². The van der Waals surface area contributed by atoms with Gasteiger partial charge in [-0.1, -0.05) is 0 Å². The van der Waals surface area contributed by atoms with E-state index >= 15 is 0 Å². The van der Waals surface area contributed by atoms with Gasteiger partial charge in [-0.15, -0.1) is 0 Å². The van der Waals surface area contributed by atoms with Crippen LogP contribution in [-0.2, 0) is 4.74 Å². The summed E-state index contributed by atoms with van der Waals surface area (Å²) in [5.41, 5.74) is 1.65. The fourth-order valence-electron chi connectivity index (χ4n) is 4.40. The zero-order valence-corrected chi connectivity index (χ0v) is 16.2. The molecule has 2 aliphatic heterocycles. The van der Waals surface area contributed by atoms with E-state index in [1.165, 1.54) is 5.69 Å². The lowest BCUT2D eigenvalue weighted by Crippen LogP contribution is -2.54. The van der Waals surface area contributed by atoms with Crippen LogP contribution in [0.3, 0.4) is 0 Å². The van der Waals surface area contributed by atoms with Gasteiger partial charge in [0.25, 0.3) is 0 Å². The highest BCUT2D eigenvalue weighted by molar-refractivity contribution is 5.86. The number of hydrogen-bond acceptors (Lipinski definition) is 7. The zero-order chi connectivity index (χ0) is 19.0. The predicted octanol–water partition coefficient (Wildman–Crippen LogP) is 1.83. The van der Waals surface area contributed by atoms with Crippen LogP contribution in [0.15, 0.2) is 24.5 Å². The van der Waals surface area contributed by atoms with Crippen LogP contribution in [0.1, 0.15) is 25.7 Å². The molecule has 5 rings (SSSR count). The predicted molar refractivity (Wildman–Crippen MR) is 107 cm³/mol. The van der Waals surface area contributed by atoms with E-state index in [1.807, 2.05) is 6.07 Å². The second-order valence-corrected chi connectivity index (χ2v) is 8.32. The van der Waals surface area contributed by atoms with Gasteiger partial charge in [-0.25, -0.2) is 9.97 Å². The Labute approximate surface area is 165 Å². The Balaban J connectivity index is 1.29. The summed E-state index contributed by atoms with van der Waals surface area (Å²) in [6, 6.07) is 6.33. The van der Waals surface area contributed by atoms with Crippen molar-refractivity contribution < 1.29 is 14.6 Å². The second-order valence-electron chi connectivity index (χ2n) is 8.32. The second kappa shape index (κ2) is 7.46. The van der Waals surface area contributed by atoms with Crippen LogP contribution in [0.4, 0.5) is 5.69 Å². The van der Waals surface area contributed by atoms with Crippen molar-refractivity contribution in [2.75, 3.05) is 50.8 Å². The van der Waals surface area contributed by atoms with Crippen molar-refractivity contribution in [3.05, 3.63) is 24.5 Å². The number of benzene rings is 1. The highest BCUT2D eigenvalue weighted by atomic mass is 16.5. The smallest absolute Gasteiger partial charge is 0.224 e. The van der Waals surface area contributed by atoms with Crippen molar-refractivity contribution in [2.45, 2.75) is 37.4 Å². The molecule has 3 heterocycles. The van der Waals surface area contributed by atoms with Crippen molar-refractivity contribution >= 4 is 16.6 Å². The molecular weight excluding hydrogens is 356 g/mol. The molecule has 0 radical (unpaired) electrons. The van der Waals surface area contributed by atoms with Crippen LogP contribution in [-0.4, -0.2) is 77.6 Å². The molecule has 7 heteroatoms. The van der Waals surface area contributed by atoms with Crippen LogP contribution >= 0.6 is 0 Å². The van der Waals surface area contributed by atoms with Gasteiger partial charge in [-0.05, 0) is 37.5 Å². The van der Waals surface area contributed by atoms with Gasteiger partial charge in [-0.2, -0.15) is 0 Å². The van der Waals surface area contributed by atoms with E-state index in [2.05, 4.69) is 31.9 Å². The molecular formula is C21H28N4O3. The molecule has 2 aromatic rings. The average Bonchev–Trinajstić information content (AvgIpc) is 3.20.